The zero-order valence-corrected chi connectivity index (χ0v) is 12.1. The number of carbonyl (C=O) groups is 1. The Balaban J connectivity index is 3.20. The lowest BCUT2D eigenvalue weighted by Gasteiger charge is -2.20. The van der Waals surface area contributed by atoms with E-state index in [0.29, 0.717) is 5.92 Å². The van der Waals surface area contributed by atoms with E-state index in [1.165, 1.54) is 5.56 Å². The van der Waals surface area contributed by atoms with Crippen LogP contribution in [0.3, 0.4) is 0 Å². The Morgan fingerprint density at radius 2 is 1.83 bits per heavy atom. The van der Waals surface area contributed by atoms with Crippen molar-refractivity contribution in [3.05, 3.63) is 28.8 Å². The van der Waals surface area contributed by atoms with E-state index < -0.39 is 0 Å². The van der Waals surface area contributed by atoms with Crippen LogP contribution in [0, 0.1) is 6.92 Å². The normalized spacial score (nSPS) is 12.4. The minimum atomic E-state index is -0.0104. The first-order valence-electron chi connectivity index (χ1n) is 6.32. The van der Waals surface area contributed by atoms with Crippen LogP contribution < -0.4 is 10.1 Å². The standard InChI is InChI=1S/C15H23NO2/c1-9(2)13-8-14(11(4)16-12(5)17)10(3)7-15(13)18-6/h7-9,11H,1-6H3,(H,16,17)/t11-/m0/s1. The van der Waals surface area contributed by atoms with E-state index in [2.05, 4.69) is 25.2 Å². The highest BCUT2D eigenvalue weighted by molar-refractivity contribution is 5.73. The van der Waals surface area contributed by atoms with Crippen LogP contribution >= 0.6 is 0 Å². The molecule has 1 aromatic rings. The van der Waals surface area contributed by atoms with E-state index in [0.717, 1.165) is 16.9 Å². The van der Waals surface area contributed by atoms with Crippen LogP contribution in [-0.2, 0) is 4.79 Å². The van der Waals surface area contributed by atoms with Gasteiger partial charge in [-0.3, -0.25) is 4.79 Å². The number of amides is 1. The molecule has 0 aliphatic rings. The van der Waals surface area contributed by atoms with Crippen LogP contribution in [-0.4, -0.2) is 13.0 Å². The van der Waals surface area contributed by atoms with Crippen LogP contribution in [0.5, 0.6) is 5.75 Å². The van der Waals surface area contributed by atoms with E-state index in [1.807, 2.05) is 19.9 Å². The van der Waals surface area contributed by atoms with Crippen LogP contribution in [0.2, 0.25) is 0 Å². The summed E-state index contributed by atoms with van der Waals surface area (Å²) in [6.45, 7) is 9.86. The molecule has 1 atom stereocenters. The lowest BCUT2D eigenvalue weighted by atomic mass is 9.93. The third-order valence-electron chi connectivity index (χ3n) is 3.13. The third kappa shape index (κ3) is 3.25. The highest BCUT2D eigenvalue weighted by atomic mass is 16.5. The molecule has 3 nitrogen and oxygen atoms in total. The lowest BCUT2D eigenvalue weighted by molar-refractivity contribution is -0.119. The number of carbonyl (C=O) groups excluding carboxylic acids is 1. The molecule has 0 unspecified atom stereocenters. The molecule has 100 valence electrons. The Morgan fingerprint density at radius 3 is 2.28 bits per heavy atom. The van der Waals surface area contributed by atoms with Crippen LogP contribution in [0.1, 0.15) is 56.3 Å². The van der Waals surface area contributed by atoms with Gasteiger partial charge in [-0.25, -0.2) is 0 Å². The van der Waals surface area contributed by atoms with E-state index in [-0.39, 0.29) is 11.9 Å². The van der Waals surface area contributed by atoms with E-state index in [1.54, 1.807) is 14.0 Å². The molecule has 0 spiro atoms. The SMILES string of the molecule is COc1cc(C)c([C@H](C)NC(C)=O)cc1C(C)C. The smallest absolute Gasteiger partial charge is 0.217 e. The Labute approximate surface area is 110 Å². The Hall–Kier alpha value is -1.51. The molecule has 0 aromatic heterocycles. The molecule has 0 aliphatic carbocycles. The van der Waals surface area contributed by atoms with Gasteiger partial charge in [-0.1, -0.05) is 13.8 Å². The summed E-state index contributed by atoms with van der Waals surface area (Å²) in [5, 5.41) is 2.92. The molecule has 0 bridgehead atoms. The number of ether oxygens (including phenoxy) is 1. The number of aryl methyl sites for hydroxylation is 1. The first-order chi connectivity index (χ1) is 8.36. The van der Waals surface area contributed by atoms with Crippen LogP contribution in [0.25, 0.3) is 0 Å². The molecule has 1 rings (SSSR count). The average molecular weight is 249 g/mol. The second kappa shape index (κ2) is 5.89. The van der Waals surface area contributed by atoms with Crippen molar-refractivity contribution in [2.24, 2.45) is 0 Å². The van der Waals surface area contributed by atoms with Crippen LogP contribution in [0.4, 0.5) is 0 Å². The minimum absolute atomic E-state index is 0.0104. The number of methoxy groups -OCH3 is 1. The van der Waals surface area contributed by atoms with Gasteiger partial charge in [-0.05, 0) is 48.6 Å². The highest BCUT2D eigenvalue weighted by Crippen LogP contribution is 2.31. The van der Waals surface area contributed by atoms with Crippen molar-refractivity contribution in [1.29, 1.82) is 0 Å². The summed E-state index contributed by atoms with van der Waals surface area (Å²) in [6, 6.07) is 4.20. The second-order valence-electron chi connectivity index (χ2n) is 5.03. The van der Waals surface area contributed by atoms with E-state index in [9.17, 15) is 4.79 Å². The van der Waals surface area contributed by atoms with Crippen molar-refractivity contribution in [1.82, 2.24) is 5.32 Å². The maximum atomic E-state index is 11.1. The molecule has 0 aliphatic heterocycles. The minimum Gasteiger partial charge on any atom is -0.496 e. The molecule has 1 N–H and O–H groups in total. The maximum absolute atomic E-state index is 11.1. The molecule has 0 heterocycles. The average Bonchev–Trinajstić information content (AvgIpc) is 2.26. The third-order valence-corrected chi connectivity index (χ3v) is 3.13. The molecular weight excluding hydrogens is 226 g/mol. The first kappa shape index (κ1) is 14.6. The van der Waals surface area contributed by atoms with Gasteiger partial charge in [0.1, 0.15) is 5.75 Å². The largest absolute Gasteiger partial charge is 0.496 e. The fourth-order valence-corrected chi connectivity index (χ4v) is 2.19. The van der Waals surface area contributed by atoms with E-state index in [4.69, 9.17) is 4.74 Å². The van der Waals surface area contributed by atoms with Crippen molar-refractivity contribution < 1.29 is 9.53 Å². The molecule has 0 saturated heterocycles. The fourth-order valence-electron chi connectivity index (χ4n) is 2.19. The quantitative estimate of drug-likeness (QED) is 0.889. The van der Waals surface area contributed by atoms with Gasteiger partial charge in [0.25, 0.3) is 0 Å². The Morgan fingerprint density at radius 1 is 1.22 bits per heavy atom. The predicted molar refractivity (Wildman–Crippen MR) is 74.1 cm³/mol. The van der Waals surface area contributed by atoms with Crippen LogP contribution in [0.15, 0.2) is 12.1 Å². The maximum Gasteiger partial charge on any atom is 0.217 e. The van der Waals surface area contributed by atoms with Crippen molar-refractivity contribution in [3.63, 3.8) is 0 Å². The summed E-state index contributed by atoms with van der Waals surface area (Å²) in [5.41, 5.74) is 3.46. The second-order valence-corrected chi connectivity index (χ2v) is 5.03. The van der Waals surface area contributed by atoms with Gasteiger partial charge in [0.2, 0.25) is 5.91 Å². The predicted octanol–water partition coefficient (Wildman–Crippen LogP) is 3.32. The summed E-state index contributed by atoms with van der Waals surface area (Å²) >= 11 is 0. The van der Waals surface area contributed by atoms with E-state index >= 15 is 0 Å². The molecule has 1 aromatic carbocycles. The van der Waals surface area contributed by atoms with Gasteiger partial charge in [0, 0.05) is 6.92 Å². The number of nitrogens with one attached hydrogen (secondary N) is 1. The summed E-state index contributed by atoms with van der Waals surface area (Å²) in [4.78, 5) is 11.1. The zero-order valence-electron chi connectivity index (χ0n) is 12.1. The Bertz CT molecular complexity index is 438. The van der Waals surface area contributed by atoms with Crippen molar-refractivity contribution in [2.75, 3.05) is 7.11 Å². The molecule has 18 heavy (non-hydrogen) atoms. The van der Waals surface area contributed by atoms with Crippen molar-refractivity contribution in [3.8, 4) is 5.75 Å². The molecule has 0 fully saturated rings. The highest BCUT2D eigenvalue weighted by Gasteiger charge is 2.15. The molecule has 0 saturated carbocycles. The zero-order chi connectivity index (χ0) is 13.9. The monoisotopic (exact) mass is 249 g/mol. The summed E-state index contributed by atoms with van der Waals surface area (Å²) in [7, 11) is 1.69. The number of benzene rings is 1. The number of hydrogen-bond donors (Lipinski definition) is 1. The topological polar surface area (TPSA) is 38.3 Å². The van der Waals surface area contributed by atoms with Gasteiger partial charge in [-0.15, -0.1) is 0 Å². The number of hydrogen-bond acceptors (Lipinski definition) is 2. The molecular formula is C15H23NO2. The van der Waals surface area contributed by atoms with Gasteiger partial charge in [0.15, 0.2) is 0 Å². The number of rotatable bonds is 4. The first-order valence-corrected chi connectivity index (χ1v) is 6.32. The van der Waals surface area contributed by atoms with Crippen molar-refractivity contribution in [2.45, 2.75) is 46.6 Å². The molecule has 1 amide bonds. The summed E-state index contributed by atoms with van der Waals surface area (Å²) in [5.74, 6) is 1.30. The summed E-state index contributed by atoms with van der Waals surface area (Å²) in [6.07, 6.45) is 0. The fraction of sp³-hybridized carbons (Fsp3) is 0.533. The molecule has 3 heteroatoms. The molecule has 0 radical (unpaired) electrons. The summed E-state index contributed by atoms with van der Waals surface area (Å²) < 4.78 is 5.42. The van der Waals surface area contributed by atoms with Crippen molar-refractivity contribution >= 4 is 5.91 Å². The Kier molecular flexibility index (Phi) is 4.76. The van der Waals surface area contributed by atoms with Gasteiger partial charge in [-0.2, -0.15) is 0 Å². The van der Waals surface area contributed by atoms with Gasteiger partial charge < -0.3 is 10.1 Å². The van der Waals surface area contributed by atoms with Gasteiger partial charge in [0.05, 0.1) is 13.2 Å². The van der Waals surface area contributed by atoms with Gasteiger partial charge >= 0.3 is 0 Å². The lowest BCUT2D eigenvalue weighted by Crippen LogP contribution is -2.24.